The van der Waals surface area contributed by atoms with Gasteiger partial charge in [-0.05, 0) is 31.9 Å². The Labute approximate surface area is 177 Å². The maximum absolute atomic E-state index is 12.7. The predicted molar refractivity (Wildman–Crippen MR) is 115 cm³/mol. The molecule has 11 heteroatoms. The number of nitrogens with one attached hydrogen (secondary N) is 2. The molecule has 0 amide bonds. The summed E-state index contributed by atoms with van der Waals surface area (Å²) >= 11 is 0. The predicted octanol–water partition coefficient (Wildman–Crippen LogP) is 1.70. The van der Waals surface area contributed by atoms with Gasteiger partial charge in [-0.2, -0.15) is 8.78 Å². The van der Waals surface area contributed by atoms with Crippen molar-refractivity contribution in [3.63, 3.8) is 0 Å². The third kappa shape index (κ3) is 6.98. The molecule has 8 nitrogen and oxygen atoms in total. The van der Waals surface area contributed by atoms with E-state index < -0.39 is 16.6 Å². The molecule has 1 fully saturated rings. The van der Waals surface area contributed by atoms with E-state index >= 15 is 0 Å². The van der Waals surface area contributed by atoms with Gasteiger partial charge in [0.1, 0.15) is 5.75 Å². The molecule has 0 saturated carbocycles. The quantitative estimate of drug-likeness (QED) is 0.323. The zero-order chi connectivity index (χ0) is 22.1. The molecule has 1 aliphatic heterocycles. The SMILES string of the molecule is CCS(=O)(=O)N(C)CCCNC(=NC)NC1CCN(c2ccccc2OC(F)F)C1. The molecule has 30 heavy (non-hydrogen) atoms. The van der Waals surface area contributed by atoms with Gasteiger partial charge in [-0.25, -0.2) is 12.7 Å². The van der Waals surface area contributed by atoms with Crippen LogP contribution in [-0.4, -0.2) is 77.4 Å². The summed E-state index contributed by atoms with van der Waals surface area (Å²) < 4.78 is 54.8. The molecule has 0 bridgehead atoms. The lowest BCUT2D eigenvalue weighted by atomic mass is 10.2. The second-order valence-corrected chi connectivity index (χ2v) is 9.36. The number of nitrogens with zero attached hydrogens (tertiary/aromatic N) is 3. The van der Waals surface area contributed by atoms with Crippen LogP contribution < -0.4 is 20.3 Å². The maximum Gasteiger partial charge on any atom is 0.387 e. The third-order valence-corrected chi connectivity index (χ3v) is 6.82. The van der Waals surface area contributed by atoms with Crippen LogP contribution >= 0.6 is 0 Å². The van der Waals surface area contributed by atoms with Gasteiger partial charge in [0.25, 0.3) is 0 Å². The van der Waals surface area contributed by atoms with Gasteiger partial charge in [0, 0.05) is 46.3 Å². The van der Waals surface area contributed by atoms with Gasteiger partial charge in [-0.3, -0.25) is 4.99 Å². The summed E-state index contributed by atoms with van der Waals surface area (Å²) in [6.45, 7) is 1.10. The number of guanidine groups is 1. The van der Waals surface area contributed by atoms with Crippen LogP contribution in [0.15, 0.2) is 29.3 Å². The Balaban J connectivity index is 1.82. The van der Waals surface area contributed by atoms with Gasteiger partial charge in [-0.15, -0.1) is 0 Å². The van der Waals surface area contributed by atoms with Crippen LogP contribution in [0.25, 0.3) is 0 Å². The number of anilines is 1. The summed E-state index contributed by atoms with van der Waals surface area (Å²) in [7, 11) is 0.0763. The van der Waals surface area contributed by atoms with Crippen molar-refractivity contribution in [2.45, 2.75) is 32.4 Å². The molecule has 0 radical (unpaired) electrons. The first kappa shape index (κ1) is 24.1. The van der Waals surface area contributed by atoms with Crippen LogP contribution in [0.1, 0.15) is 19.8 Å². The van der Waals surface area contributed by atoms with E-state index in [0.29, 0.717) is 44.2 Å². The first-order valence-corrected chi connectivity index (χ1v) is 11.6. The fourth-order valence-electron chi connectivity index (χ4n) is 3.27. The summed E-state index contributed by atoms with van der Waals surface area (Å²) in [6.07, 6.45) is 1.47. The van der Waals surface area contributed by atoms with E-state index in [4.69, 9.17) is 0 Å². The van der Waals surface area contributed by atoms with E-state index in [0.717, 1.165) is 6.42 Å². The lowest BCUT2D eigenvalue weighted by Crippen LogP contribution is -2.45. The minimum Gasteiger partial charge on any atom is -0.433 e. The van der Waals surface area contributed by atoms with Crippen molar-refractivity contribution < 1.29 is 21.9 Å². The van der Waals surface area contributed by atoms with Crippen molar-refractivity contribution in [2.24, 2.45) is 4.99 Å². The van der Waals surface area contributed by atoms with Crippen LogP contribution in [0.5, 0.6) is 5.75 Å². The van der Waals surface area contributed by atoms with Crippen LogP contribution in [0.4, 0.5) is 14.5 Å². The molecule has 1 heterocycles. The molecule has 1 atom stereocenters. The minimum absolute atomic E-state index is 0.0871. The Morgan fingerprint density at radius 1 is 1.40 bits per heavy atom. The Kier molecular flexibility index (Phi) is 9.09. The highest BCUT2D eigenvalue weighted by Gasteiger charge is 2.26. The number of benzene rings is 1. The Morgan fingerprint density at radius 3 is 2.80 bits per heavy atom. The zero-order valence-corrected chi connectivity index (χ0v) is 18.5. The van der Waals surface area contributed by atoms with Crippen LogP contribution in [0, 0.1) is 0 Å². The average Bonchev–Trinajstić information content (AvgIpc) is 3.18. The number of alkyl halides is 2. The molecule has 170 valence electrons. The fourth-order valence-corrected chi connectivity index (χ4v) is 4.11. The van der Waals surface area contributed by atoms with Crippen LogP contribution in [0.2, 0.25) is 0 Å². The third-order valence-electron chi connectivity index (χ3n) is 4.96. The summed E-state index contributed by atoms with van der Waals surface area (Å²) in [5.41, 5.74) is 0.644. The van der Waals surface area contributed by atoms with Crippen molar-refractivity contribution in [2.75, 3.05) is 50.9 Å². The molecule has 2 rings (SSSR count). The molecule has 2 N–H and O–H groups in total. The van der Waals surface area contributed by atoms with E-state index in [1.165, 1.54) is 4.31 Å². The van der Waals surface area contributed by atoms with Gasteiger partial charge in [0.15, 0.2) is 5.96 Å². The van der Waals surface area contributed by atoms with Crippen molar-refractivity contribution in [1.82, 2.24) is 14.9 Å². The normalized spacial score (nSPS) is 17.6. The van der Waals surface area contributed by atoms with Crippen LogP contribution in [-0.2, 0) is 10.0 Å². The molecular weight excluding hydrogens is 416 g/mol. The van der Waals surface area contributed by atoms with Gasteiger partial charge in [0.05, 0.1) is 11.4 Å². The van der Waals surface area contributed by atoms with Gasteiger partial charge in [0.2, 0.25) is 10.0 Å². The van der Waals surface area contributed by atoms with E-state index in [-0.39, 0.29) is 17.5 Å². The van der Waals surface area contributed by atoms with E-state index in [2.05, 4.69) is 20.4 Å². The molecule has 0 aromatic heterocycles. The van der Waals surface area contributed by atoms with E-state index in [9.17, 15) is 17.2 Å². The first-order valence-electron chi connectivity index (χ1n) is 9.96. The highest BCUT2D eigenvalue weighted by atomic mass is 32.2. The first-order chi connectivity index (χ1) is 14.3. The molecule has 1 aromatic rings. The number of para-hydroxylation sites is 2. The monoisotopic (exact) mass is 447 g/mol. The summed E-state index contributed by atoms with van der Waals surface area (Å²) in [4.78, 5) is 6.22. The summed E-state index contributed by atoms with van der Waals surface area (Å²) in [5.74, 6) is 0.880. The van der Waals surface area contributed by atoms with Gasteiger partial charge < -0.3 is 20.3 Å². The lowest BCUT2D eigenvalue weighted by molar-refractivity contribution is -0.0495. The number of sulfonamides is 1. The molecule has 0 aliphatic carbocycles. The number of ether oxygens (including phenoxy) is 1. The van der Waals surface area contributed by atoms with E-state index in [1.807, 2.05) is 4.90 Å². The van der Waals surface area contributed by atoms with Crippen molar-refractivity contribution in [3.8, 4) is 5.75 Å². The standard InChI is InChI=1S/C19H31F2N5O3S/c1-4-30(27,28)25(3)12-7-11-23-19(22-2)24-15-10-13-26(14-15)16-8-5-6-9-17(16)29-18(20)21/h5-6,8-9,15,18H,4,7,10-14H2,1-3H3,(H2,22,23,24). The largest absolute Gasteiger partial charge is 0.433 e. The summed E-state index contributed by atoms with van der Waals surface area (Å²) in [5, 5.41) is 6.52. The van der Waals surface area contributed by atoms with E-state index in [1.54, 1.807) is 45.3 Å². The number of aliphatic imine (C=N–C) groups is 1. The average molecular weight is 448 g/mol. The Bertz CT molecular complexity index is 807. The number of hydrogen-bond donors (Lipinski definition) is 2. The number of rotatable bonds is 10. The Morgan fingerprint density at radius 2 is 2.13 bits per heavy atom. The molecule has 0 spiro atoms. The highest BCUT2D eigenvalue weighted by Crippen LogP contribution is 2.31. The van der Waals surface area contributed by atoms with Gasteiger partial charge >= 0.3 is 6.61 Å². The molecular formula is C19H31F2N5O3S. The van der Waals surface area contributed by atoms with Gasteiger partial charge in [-0.1, -0.05) is 12.1 Å². The highest BCUT2D eigenvalue weighted by molar-refractivity contribution is 7.89. The second kappa shape index (κ2) is 11.3. The Hall–Kier alpha value is -2.14. The fraction of sp³-hybridized carbons (Fsp3) is 0.632. The topological polar surface area (TPSA) is 86.3 Å². The van der Waals surface area contributed by atoms with Crippen molar-refractivity contribution in [1.29, 1.82) is 0 Å². The smallest absolute Gasteiger partial charge is 0.387 e. The molecule has 1 unspecified atom stereocenters. The second-order valence-electron chi connectivity index (χ2n) is 7.00. The zero-order valence-electron chi connectivity index (χ0n) is 17.6. The van der Waals surface area contributed by atoms with Crippen molar-refractivity contribution in [3.05, 3.63) is 24.3 Å². The number of hydrogen-bond acceptors (Lipinski definition) is 5. The summed E-state index contributed by atoms with van der Waals surface area (Å²) in [6, 6.07) is 6.87. The molecule has 1 aromatic carbocycles. The maximum atomic E-state index is 12.7. The van der Waals surface area contributed by atoms with Crippen LogP contribution in [0.3, 0.4) is 0 Å². The van der Waals surface area contributed by atoms with Crippen molar-refractivity contribution >= 4 is 21.7 Å². The number of halogens is 2. The molecule has 1 aliphatic rings. The molecule has 1 saturated heterocycles. The lowest BCUT2D eigenvalue weighted by Gasteiger charge is -2.22. The minimum atomic E-state index is -3.17.